The molecule has 2 atom stereocenters. The molecule has 5 heteroatoms. The van der Waals surface area contributed by atoms with E-state index in [4.69, 9.17) is 4.74 Å². The maximum Gasteiger partial charge on any atom is 0.323 e. The van der Waals surface area contributed by atoms with Crippen LogP contribution in [0.1, 0.15) is 25.7 Å². The molecule has 0 amide bonds. The third kappa shape index (κ3) is 2.27. The molecule has 1 aromatic heterocycles. The van der Waals surface area contributed by atoms with Gasteiger partial charge in [0.15, 0.2) is 0 Å². The maximum atomic E-state index is 11.7. The van der Waals surface area contributed by atoms with Gasteiger partial charge in [-0.2, -0.15) is 5.10 Å². The number of nitrogens with zero attached hydrogens (tertiary/aromatic N) is 3. The van der Waals surface area contributed by atoms with Gasteiger partial charge in [0.2, 0.25) is 0 Å². The molecular formula is C13H19N3O2. The fraction of sp³-hybridized carbons (Fsp3) is 0.692. The lowest BCUT2D eigenvalue weighted by Crippen LogP contribution is -2.49. The highest BCUT2D eigenvalue weighted by atomic mass is 16.5. The topological polar surface area (TPSA) is 47.4 Å². The summed E-state index contributed by atoms with van der Waals surface area (Å²) in [6.45, 7) is 2.46. The minimum absolute atomic E-state index is 0.0223. The highest BCUT2D eigenvalue weighted by Gasteiger charge is 2.37. The maximum absolute atomic E-state index is 11.7. The molecule has 0 saturated carbocycles. The third-order valence-corrected chi connectivity index (χ3v) is 3.94. The Morgan fingerprint density at radius 3 is 3.06 bits per heavy atom. The predicted octanol–water partition coefficient (Wildman–Crippen LogP) is 1.05. The number of hydrogen-bond donors (Lipinski definition) is 0. The van der Waals surface area contributed by atoms with E-state index >= 15 is 0 Å². The zero-order chi connectivity index (χ0) is 12.4. The summed E-state index contributed by atoms with van der Waals surface area (Å²) in [5.41, 5.74) is 0. The fourth-order valence-electron chi connectivity index (χ4n) is 3.04. The van der Waals surface area contributed by atoms with Crippen molar-refractivity contribution in [3.8, 4) is 0 Å². The Bertz CT molecular complexity index is 404. The van der Waals surface area contributed by atoms with E-state index in [9.17, 15) is 4.79 Å². The summed E-state index contributed by atoms with van der Waals surface area (Å²) in [5.74, 6) is -0.0395. The van der Waals surface area contributed by atoms with Crippen LogP contribution in [0.5, 0.6) is 0 Å². The number of aromatic nitrogens is 2. The van der Waals surface area contributed by atoms with E-state index in [0.717, 1.165) is 25.9 Å². The Kier molecular flexibility index (Phi) is 3.32. The third-order valence-electron chi connectivity index (χ3n) is 3.94. The molecule has 2 fully saturated rings. The quantitative estimate of drug-likeness (QED) is 0.751. The van der Waals surface area contributed by atoms with Crippen molar-refractivity contribution in [2.24, 2.45) is 0 Å². The minimum Gasteiger partial charge on any atom is -0.464 e. The van der Waals surface area contributed by atoms with Gasteiger partial charge in [0.25, 0.3) is 0 Å². The molecule has 0 aliphatic carbocycles. The smallest absolute Gasteiger partial charge is 0.323 e. The summed E-state index contributed by atoms with van der Waals surface area (Å²) >= 11 is 0. The van der Waals surface area contributed by atoms with E-state index in [1.165, 1.54) is 12.8 Å². The molecule has 0 aromatic carbocycles. The number of cyclic esters (lactones) is 1. The van der Waals surface area contributed by atoms with E-state index in [-0.39, 0.29) is 12.0 Å². The average Bonchev–Trinajstić information content (AvgIpc) is 3.02. The second-order valence-corrected chi connectivity index (χ2v) is 5.09. The van der Waals surface area contributed by atoms with Crippen LogP contribution in [-0.4, -0.2) is 45.9 Å². The highest BCUT2D eigenvalue weighted by Crippen LogP contribution is 2.25. The fourth-order valence-corrected chi connectivity index (χ4v) is 3.04. The van der Waals surface area contributed by atoms with Crippen LogP contribution in [-0.2, 0) is 16.1 Å². The van der Waals surface area contributed by atoms with Gasteiger partial charge < -0.3 is 4.74 Å². The lowest BCUT2D eigenvalue weighted by Gasteiger charge is -2.38. The van der Waals surface area contributed by atoms with Gasteiger partial charge in [-0.05, 0) is 25.5 Å². The second-order valence-electron chi connectivity index (χ2n) is 5.09. The summed E-state index contributed by atoms with van der Waals surface area (Å²) < 4.78 is 7.06. The molecule has 0 bridgehead atoms. The van der Waals surface area contributed by atoms with Crippen LogP contribution < -0.4 is 0 Å². The number of esters is 1. The standard InChI is InChI=1S/C13H19N3O2/c17-13-12(5-9-18-13)16-8-2-1-4-11(16)10-15-7-3-6-14-15/h3,6-7,11-12H,1-2,4-5,8-10H2/t11-,12-/m1/s1. The lowest BCUT2D eigenvalue weighted by atomic mass is 9.99. The van der Waals surface area contributed by atoms with Gasteiger partial charge in [0, 0.05) is 24.9 Å². The summed E-state index contributed by atoms with van der Waals surface area (Å²) in [6, 6.07) is 2.33. The number of piperidine rings is 1. The van der Waals surface area contributed by atoms with Crippen LogP contribution in [0.15, 0.2) is 18.5 Å². The molecule has 0 N–H and O–H groups in total. The largest absolute Gasteiger partial charge is 0.464 e. The van der Waals surface area contributed by atoms with Crippen LogP contribution in [0.2, 0.25) is 0 Å². The number of carbonyl (C=O) groups is 1. The Morgan fingerprint density at radius 2 is 2.33 bits per heavy atom. The van der Waals surface area contributed by atoms with Crippen LogP contribution in [0.4, 0.5) is 0 Å². The van der Waals surface area contributed by atoms with Crippen molar-refractivity contribution in [2.45, 2.75) is 44.3 Å². The molecule has 5 nitrogen and oxygen atoms in total. The van der Waals surface area contributed by atoms with E-state index < -0.39 is 0 Å². The number of rotatable bonds is 3. The molecular weight excluding hydrogens is 230 g/mol. The molecule has 2 saturated heterocycles. The zero-order valence-corrected chi connectivity index (χ0v) is 10.5. The van der Waals surface area contributed by atoms with Gasteiger partial charge in [-0.1, -0.05) is 6.42 Å². The average molecular weight is 249 g/mol. The Morgan fingerprint density at radius 1 is 1.39 bits per heavy atom. The summed E-state index contributed by atoms with van der Waals surface area (Å²) in [7, 11) is 0. The molecule has 1 aromatic rings. The van der Waals surface area contributed by atoms with Crippen molar-refractivity contribution in [1.82, 2.24) is 14.7 Å². The molecule has 2 aliphatic rings. The monoisotopic (exact) mass is 249 g/mol. The molecule has 2 aliphatic heterocycles. The first-order valence-electron chi connectivity index (χ1n) is 6.74. The van der Waals surface area contributed by atoms with Gasteiger partial charge in [-0.3, -0.25) is 14.4 Å². The zero-order valence-electron chi connectivity index (χ0n) is 10.5. The van der Waals surface area contributed by atoms with Crippen molar-refractivity contribution >= 4 is 5.97 Å². The Labute approximate surface area is 107 Å². The molecule has 0 radical (unpaired) electrons. The Hall–Kier alpha value is -1.36. The van der Waals surface area contributed by atoms with E-state index in [2.05, 4.69) is 10.00 Å². The normalized spacial score (nSPS) is 29.4. The molecule has 0 spiro atoms. The van der Waals surface area contributed by atoms with Gasteiger partial charge in [0.05, 0.1) is 13.2 Å². The predicted molar refractivity (Wildman–Crippen MR) is 65.9 cm³/mol. The van der Waals surface area contributed by atoms with Crippen LogP contribution in [0.25, 0.3) is 0 Å². The summed E-state index contributed by atoms with van der Waals surface area (Å²) in [4.78, 5) is 14.1. The Balaban J connectivity index is 1.71. The van der Waals surface area contributed by atoms with Crippen LogP contribution >= 0.6 is 0 Å². The number of carbonyl (C=O) groups excluding carboxylic acids is 1. The molecule has 18 heavy (non-hydrogen) atoms. The SMILES string of the molecule is O=C1OCC[C@H]1N1CCCC[C@@H]1Cn1cccn1. The molecule has 3 heterocycles. The van der Waals surface area contributed by atoms with Gasteiger partial charge >= 0.3 is 5.97 Å². The van der Waals surface area contributed by atoms with Gasteiger partial charge in [0.1, 0.15) is 6.04 Å². The van der Waals surface area contributed by atoms with Crippen molar-refractivity contribution in [3.05, 3.63) is 18.5 Å². The molecule has 0 unspecified atom stereocenters. The first-order chi connectivity index (χ1) is 8.84. The van der Waals surface area contributed by atoms with E-state index in [1.807, 2.05) is 16.9 Å². The van der Waals surface area contributed by atoms with Crippen LogP contribution in [0, 0.1) is 0 Å². The van der Waals surface area contributed by atoms with Crippen molar-refractivity contribution in [2.75, 3.05) is 13.2 Å². The van der Waals surface area contributed by atoms with Crippen molar-refractivity contribution < 1.29 is 9.53 Å². The first kappa shape index (κ1) is 11.7. The lowest BCUT2D eigenvalue weighted by molar-refractivity contribution is -0.143. The molecule has 98 valence electrons. The highest BCUT2D eigenvalue weighted by molar-refractivity contribution is 5.77. The summed E-state index contributed by atoms with van der Waals surface area (Å²) in [6.07, 6.45) is 8.19. The van der Waals surface area contributed by atoms with Crippen molar-refractivity contribution in [1.29, 1.82) is 0 Å². The number of hydrogen-bond acceptors (Lipinski definition) is 4. The minimum atomic E-state index is -0.0395. The first-order valence-corrected chi connectivity index (χ1v) is 6.74. The van der Waals surface area contributed by atoms with Gasteiger partial charge in [-0.25, -0.2) is 0 Å². The van der Waals surface area contributed by atoms with Crippen LogP contribution in [0.3, 0.4) is 0 Å². The van der Waals surface area contributed by atoms with Crippen molar-refractivity contribution in [3.63, 3.8) is 0 Å². The van der Waals surface area contributed by atoms with Gasteiger partial charge in [-0.15, -0.1) is 0 Å². The number of ether oxygens (including phenoxy) is 1. The summed E-state index contributed by atoms with van der Waals surface area (Å²) in [5, 5.41) is 4.26. The van der Waals surface area contributed by atoms with E-state index in [0.29, 0.717) is 12.6 Å². The second kappa shape index (κ2) is 5.10. The number of likely N-dealkylation sites (tertiary alicyclic amines) is 1. The van der Waals surface area contributed by atoms with E-state index in [1.54, 1.807) is 6.20 Å². The molecule has 3 rings (SSSR count).